The van der Waals surface area contributed by atoms with Crippen molar-refractivity contribution >= 4 is 27.7 Å². The van der Waals surface area contributed by atoms with Crippen LogP contribution in [0.5, 0.6) is 0 Å². The monoisotopic (exact) mass is 337 g/mol. The van der Waals surface area contributed by atoms with Gasteiger partial charge in [0.25, 0.3) is 0 Å². The lowest BCUT2D eigenvalue weighted by Crippen LogP contribution is -2.23. The van der Waals surface area contributed by atoms with Crippen molar-refractivity contribution in [3.63, 3.8) is 0 Å². The Balaban J connectivity index is 1.97. The standard InChI is InChI=1S/C14H16BrN3S/c1-2-18-14(11(15)7-17-18)13(16)10-8-19-12-6-4-3-5-9(10)12/h3-7,10,13H,2,8,16H2,1H3. The van der Waals surface area contributed by atoms with Crippen molar-refractivity contribution in [3.8, 4) is 0 Å². The molecule has 0 spiro atoms. The van der Waals surface area contributed by atoms with Crippen LogP contribution < -0.4 is 5.73 Å². The van der Waals surface area contributed by atoms with Crippen molar-refractivity contribution in [2.75, 3.05) is 5.75 Å². The molecular formula is C14H16BrN3S. The SMILES string of the molecule is CCn1ncc(Br)c1C(N)C1CSc2ccccc21. The Hall–Kier alpha value is -0.780. The molecule has 1 aromatic heterocycles. The Kier molecular flexibility index (Phi) is 3.69. The number of hydrogen-bond donors (Lipinski definition) is 1. The van der Waals surface area contributed by atoms with Crippen molar-refractivity contribution in [2.45, 2.75) is 30.3 Å². The summed E-state index contributed by atoms with van der Waals surface area (Å²) in [6.45, 7) is 2.93. The van der Waals surface area contributed by atoms with Crippen molar-refractivity contribution in [1.29, 1.82) is 0 Å². The van der Waals surface area contributed by atoms with Crippen LogP contribution in [-0.4, -0.2) is 15.5 Å². The first kappa shape index (κ1) is 13.2. The minimum atomic E-state index is -0.0204. The van der Waals surface area contributed by atoms with E-state index < -0.39 is 0 Å². The molecule has 19 heavy (non-hydrogen) atoms. The summed E-state index contributed by atoms with van der Waals surface area (Å²) in [5.74, 6) is 1.40. The first-order chi connectivity index (χ1) is 9.22. The lowest BCUT2D eigenvalue weighted by atomic mass is 9.92. The highest BCUT2D eigenvalue weighted by molar-refractivity contribution is 9.10. The van der Waals surface area contributed by atoms with Gasteiger partial charge >= 0.3 is 0 Å². The molecule has 1 aromatic carbocycles. The second-order valence-corrected chi connectivity index (χ2v) is 6.59. The average molecular weight is 338 g/mol. The molecule has 3 nitrogen and oxygen atoms in total. The molecule has 0 bridgehead atoms. The quantitative estimate of drug-likeness (QED) is 0.931. The smallest absolute Gasteiger partial charge is 0.0699 e. The molecule has 2 heterocycles. The van der Waals surface area contributed by atoms with Crippen LogP contribution in [0.15, 0.2) is 39.8 Å². The van der Waals surface area contributed by atoms with Crippen LogP contribution in [0, 0.1) is 0 Å². The molecule has 0 amide bonds. The van der Waals surface area contributed by atoms with Crippen molar-refractivity contribution in [3.05, 3.63) is 46.2 Å². The molecule has 0 fully saturated rings. The van der Waals surface area contributed by atoms with Gasteiger partial charge in [-0.15, -0.1) is 11.8 Å². The van der Waals surface area contributed by atoms with E-state index in [1.165, 1.54) is 10.5 Å². The number of rotatable bonds is 3. The van der Waals surface area contributed by atoms with Gasteiger partial charge in [-0.3, -0.25) is 4.68 Å². The number of nitrogens with zero attached hydrogens (tertiary/aromatic N) is 2. The van der Waals surface area contributed by atoms with Gasteiger partial charge in [0.15, 0.2) is 0 Å². The number of thioether (sulfide) groups is 1. The van der Waals surface area contributed by atoms with Crippen LogP contribution in [0.4, 0.5) is 0 Å². The Morgan fingerprint density at radius 3 is 3.11 bits per heavy atom. The molecule has 2 N–H and O–H groups in total. The predicted molar refractivity (Wildman–Crippen MR) is 82.4 cm³/mol. The Labute approximate surface area is 125 Å². The maximum atomic E-state index is 6.53. The summed E-state index contributed by atoms with van der Waals surface area (Å²) in [4.78, 5) is 1.36. The third kappa shape index (κ3) is 2.24. The fraction of sp³-hybridized carbons (Fsp3) is 0.357. The van der Waals surface area contributed by atoms with E-state index in [1.807, 2.05) is 22.6 Å². The molecule has 0 radical (unpaired) electrons. The molecule has 0 saturated carbocycles. The zero-order valence-corrected chi connectivity index (χ0v) is 13.1. The van der Waals surface area contributed by atoms with E-state index in [9.17, 15) is 0 Å². The van der Waals surface area contributed by atoms with Gasteiger partial charge in [-0.25, -0.2) is 0 Å². The predicted octanol–water partition coefficient (Wildman–Crippen LogP) is 3.55. The summed E-state index contributed by atoms with van der Waals surface area (Å²) in [6.07, 6.45) is 1.84. The summed E-state index contributed by atoms with van der Waals surface area (Å²) in [7, 11) is 0. The fourth-order valence-corrected chi connectivity index (χ4v) is 4.50. The third-order valence-electron chi connectivity index (χ3n) is 3.62. The molecule has 1 aliphatic rings. The van der Waals surface area contributed by atoms with Gasteiger partial charge in [-0.1, -0.05) is 18.2 Å². The van der Waals surface area contributed by atoms with Crippen LogP contribution in [0.25, 0.3) is 0 Å². The Bertz CT molecular complexity index is 596. The van der Waals surface area contributed by atoms with E-state index in [4.69, 9.17) is 5.73 Å². The second kappa shape index (κ2) is 5.31. The Morgan fingerprint density at radius 1 is 1.53 bits per heavy atom. The average Bonchev–Trinajstić information content (AvgIpc) is 3.01. The van der Waals surface area contributed by atoms with E-state index >= 15 is 0 Å². The number of aromatic nitrogens is 2. The normalized spacial score (nSPS) is 19.4. The summed E-state index contributed by atoms with van der Waals surface area (Å²) < 4.78 is 3.00. The zero-order valence-electron chi connectivity index (χ0n) is 10.7. The summed E-state index contributed by atoms with van der Waals surface area (Å²) in [5, 5.41) is 4.37. The van der Waals surface area contributed by atoms with Gasteiger partial charge in [-0.2, -0.15) is 5.10 Å². The number of halogens is 1. The van der Waals surface area contributed by atoms with Crippen LogP contribution in [0.1, 0.15) is 30.1 Å². The maximum Gasteiger partial charge on any atom is 0.0699 e. The number of nitrogens with two attached hydrogens (primary N) is 1. The van der Waals surface area contributed by atoms with E-state index in [1.54, 1.807) is 0 Å². The minimum absolute atomic E-state index is 0.0204. The third-order valence-corrected chi connectivity index (χ3v) is 5.44. The van der Waals surface area contributed by atoms with Gasteiger partial charge in [0, 0.05) is 23.1 Å². The molecule has 0 aliphatic carbocycles. The minimum Gasteiger partial charge on any atom is -0.322 e. The highest BCUT2D eigenvalue weighted by Crippen LogP contribution is 2.45. The number of hydrogen-bond acceptors (Lipinski definition) is 3. The highest BCUT2D eigenvalue weighted by Gasteiger charge is 2.31. The van der Waals surface area contributed by atoms with Crippen molar-refractivity contribution in [1.82, 2.24) is 9.78 Å². The first-order valence-electron chi connectivity index (χ1n) is 6.41. The Morgan fingerprint density at radius 2 is 2.32 bits per heavy atom. The van der Waals surface area contributed by atoms with Crippen LogP contribution >= 0.6 is 27.7 Å². The van der Waals surface area contributed by atoms with Gasteiger partial charge in [0.2, 0.25) is 0 Å². The topological polar surface area (TPSA) is 43.8 Å². The molecule has 3 rings (SSSR count). The highest BCUT2D eigenvalue weighted by atomic mass is 79.9. The zero-order chi connectivity index (χ0) is 13.4. The van der Waals surface area contributed by atoms with E-state index in [2.05, 4.69) is 52.2 Å². The van der Waals surface area contributed by atoms with E-state index in [-0.39, 0.29) is 6.04 Å². The summed E-state index contributed by atoms with van der Waals surface area (Å²) in [5.41, 5.74) is 9.01. The fourth-order valence-electron chi connectivity index (χ4n) is 2.63. The second-order valence-electron chi connectivity index (χ2n) is 4.67. The van der Waals surface area contributed by atoms with Gasteiger partial charge in [0.1, 0.15) is 0 Å². The number of aryl methyl sites for hydroxylation is 1. The van der Waals surface area contributed by atoms with Crippen LogP contribution in [-0.2, 0) is 6.54 Å². The lowest BCUT2D eigenvalue weighted by Gasteiger charge is -2.21. The van der Waals surface area contributed by atoms with Crippen molar-refractivity contribution < 1.29 is 0 Å². The largest absolute Gasteiger partial charge is 0.322 e. The maximum absolute atomic E-state index is 6.53. The van der Waals surface area contributed by atoms with Crippen molar-refractivity contribution in [2.24, 2.45) is 5.73 Å². The van der Waals surface area contributed by atoms with E-state index in [0.29, 0.717) is 5.92 Å². The first-order valence-corrected chi connectivity index (χ1v) is 8.18. The summed E-state index contributed by atoms with van der Waals surface area (Å²) in [6, 6.07) is 8.54. The molecule has 1 aliphatic heterocycles. The lowest BCUT2D eigenvalue weighted by molar-refractivity contribution is 0.523. The van der Waals surface area contributed by atoms with Gasteiger partial charge in [-0.05, 0) is 34.5 Å². The molecule has 5 heteroatoms. The molecular weight excluding hydrogens is 322 g/mol. The van der Waals surface area contributed by atoms with Gasteiger partial charge < -0.3 is 5.73 Å². The number of fused-ring (bicyclic) bond motifs is 1. The van der Waals surface area contributed by atoms with E-state index in [0.717, 1.165) is 22.5 Å². The van der Waals surface area contributed by atoms with Crippen LogP contribution in [0.3, 0.4) is 0 Å². The molecule has 0 saturated heterocycles. The number of benzene rings is 1. The molecule has 2 atom stereocenters. The van der Waals surface area contributed by atoms with Crippen LogP contribution in [0.2, 0.25) is 0 Å². The molecule has 2 unspecified atom stereocenters. The molecule has 2 aromatic rings. The van der Waals surface area contributed by atoms with Gasteiger partial charge in [0.05, 0.1) is 22.4 Å². The summed E-state index contributed by atoms with van der Waals surface area (Å²) >= 11 is 5.47. The molecule has 100 valence electrons.